The molecule has 1 heterocycles. The van der Waals surface area contributed by atoms with Gasteiger partial charge in [0.1, 0.15) is 5.75 Å². The van der Waals surface area contributed by atoms with E-state index in [9.17, 15) is 33.3 Å². The van der Waals surface area contributed by atoms with Crippen LogP contribution in [0.25, 0.3) is 0 Å². The smallest absolute Gasteiger partial charge is 0.331 e. The number of carboxylic acid groups (broad SMARTS) is 1. The molecule has 0 saturated carbocycles. The number of para-hydroxylation sites is 2. The number of nitrogens with zero attached hydrogens (tertiary/aromatic N) is 1. The first kappa shape index (κ1) is 33.0. The van der Waals surface area contributed by atoms with Crippen molar-refractivity contribution >= 4 is 44.9 Å². The number of rotatable bonds is 12. The highest BCUT2D eigenvalue weighted by molar-refractivity contribution is 7.98. The lowest BCUT2D eigenvalue weighted by Gasteiger charge is -2.36. The van der Waals surface area contributed by atoms with Gasteiger partial charge in [-0.05, 0) is 43.4 Å². The van der Waals surface area contributed by atoms with E-state index in [0.717, 1.165) is 24.9 Å². The first-order chi connectivity index (χ1) is 20.9. The second-order valence-corrected chi connectivity index (χ2v) is 13.8. The van der Waals surface area contributed by atoms with Crippen molar-refractivity contribution in [2.24, 2.45) is 5.41 Å². The van der Waals surface area contributed by atoms with Crippen LogP contribution in [0.5, 0.6) is 17.2 Å². The summed E-state index contributed by atoms with van der Waals surface area (Å²) in [4.78, 5) is 27.5. The lowest BCUT2D eigenvalue weighted by Crippen LogP contribution is -2.37. The lowest BCUT2D eigenvalue weighted by atomic mass is 9.81. The molecule has 0 radical (unpaired) electrons. The molecule has 12 heteroatoms. The molecule has 0 fully saturated rings. The molecule has 0 bridgehead atoms. The maximum atomic E-state index is 14.1. The Kier molecular flexibility index (Phi) is 10.4. The molecule has 3 aromatic rings. The average Bonchev–Trinajstić information content (AvgIpc) is 3.10. The molecular formula is C32H38N2O8S2. The Morgan fingerprint density at radius 2 is 1.82 bits per heavy atom. The average molecular weight is 643 g/mol. The topological polar surface area (TPSA) is 153 Å². The highest BCUT2D eigenvalue weighted by Gasteiger charge is 2.42. The Balaban J connectivity index is 1.69. The normalized spacial score (nSPS) is 18.1. The Hall–Kier alpha value is -3.90. The zero-order chi connectivity index (χ0) is 32.1. The van der Waals surface area contributed by atoms with E-state index in [0.29, 0.717) is 23.5 Å². The van der Waals surface area contributed by atoms with Crippen LogP contribution in [0.4, 0.5) is 11.4 Å². The molecule has 2 unspecified atom stereocenters. The van der Waals surface area contributed by atoms with Gasteiger partial charge in [-0.2, -0.15) is 0 Å². The fourth-order valence-electron chi connectivity index (χ4n) is 5.54. The molecule has 0 aromatic heterocycles. The van der Waals surface area contributed by atoms with E-state index in [1.807, 2.05) is 43.5 Å². The second kappa shape index (κ2) is 13.8. The molecule has 4 rings (SSSR count). The number of unbranched alkanes of at least 4 members (excludes halogenated alkanes) is 1. The van der Waals surface area contributed by atoms with Gasteiger partial charge in [-0.3, -0.25) is 4.79 Å². The summed E-state index contributed by atoms with van der Waals surface area (Å²) in [7, 11) is -3.79. The van der Waals surface area contributed by atoms with Crippen LogP contribution in [-0.4, -0.2) is 60.8 Å². The van der Waals surface area contributed by atoms with Gasteiger partial charge in [0.2, 0.25) is 0 Å². The van der Waals surface area contributed by atoms with Gasteiger partial charge in [-0.25, -0.2) is 13.2 Å². The molecule has 1 aliphatic heterocycles. The minimum atomic E-state index is -3.79. The van der Waals surface area contributed by atoms with Crippen LogP contribution >= 0.6 is 11.8 Å². The van der Waals surface area contributed by atoms with Crippen LogP contribution in [-0.2, 0) is 19.4 Å². The lowest BCUT2D eigenvalue weighted by molar-refractivity contribution is -0.142. The van der Waals surface area contributed by atoms with Gasteiger partial charge < -0.3 is 30.3 Å². The summed E-state index contributed by atoms with van der Waals surface area (Å²) in [5.74, 6) is -3.32. The number of hydrogen-bond acceptors (Lipinski definition) is 9. The third-order valence-corrected chi connectivity index (χ3v) is 10.8. The van der Waals surface area contributed by atoms with E-state index in [2.05, 4.69) is 17.1 Å². The third-order valence-electron chi connectivity index (χ3n) is 8.01. The van der Waals surface area contributed by atoms with E-state index in [1.165, 1.54) is 36.0 Å². The van der Waals surface area contributed by atoms with Crippen molar-refractivity contribution in [2.45, 2.75) is 55.4 Å². The van der Waals surface area contributed by atoms with E-state index in [4.69, 9.17) is 4.74 Å². The summed E-state index contributed by atoms with van der Waals surface area (Å²) in [6, 6.07) is 15.0. The number of sulfone groups is 1. The van der Waals surface area contributed by atoms with Gasteiger partial charge in [0.15, 0.2) is 34.0 Å². The predicted molar refractivity (Wildman–Crippen MR) is 170 cm³/mol. The number of aromatic hydroxyl groups is 2. The highest BCUT2D eigenvalue weighted by Crippen LogP contribution is 2.47. The van der Waals surface area contributed by atoms with Crippen molar-refractivity contribution in [3.63, 3.8) is 0 Å². The number of carboxylic acids is 1. The molecule has 44 heavy (non-hydrogen) atoms. The number of fused-ring (bicyclic) bond motifs is 1. The number of thioether (sulfide) groups is 1. The highest BCUT2D eigenvalue weighted by atomic mass is 32.2. The Morgan fingerprint density at radius 3 is 2.45 bits per heavy atom. The molecule has 0 spiro atoms. The zero-order valence-electron chi connectivity index (χ0n) is 24.9. The number of carbonyl (C=O) groups is 2. The van der Waals surface area contributed by atoms with Crippen LogP contribution in [0.1, 0.15) is 51.1 Å². The number of benzene rings is 3. The molecule has 4 N–H and O–H groups in total. The van der Waals surface area contributed by atoms with Crippen LogP contribution in [0, 0.1) is 5.41 Å². The van der Waals surface area contributed by atoms with Crippen molar-refractivity contribution in [3.8, 4) is 17.2 Å². The summed E-state index contributed by atoms with van der Waals surface area (Å²) in [5, 5.41) is 31.9. The number of nitrogens with one attached hydrogen (secondary N) is 1. The number of phenols is 2. The molecular weight excluding hydrogens is 604 g/mol. The number of hydrogen-bond donors (Lipinski definition) is 4. The number of aliphatic carboxylic acids is 1. The molecule has 0 aliphatic carbocycles. The standard InChI is InChI=1S/C32H38N2O8S2/c1-4-6-15-32(5-2)19-34(21-11-8-7-9-12-21)23-16-26(43-3)25(17-27(23)44(40,41)20-32)42-18-28(36)33-29(31(38)39)22-13-10-14-24(35)30(22)37/h7-14,16-17,29,35,37H,4-6,15,18-20H2,1-3H3,(H,33,36)(H,38,39). The first-order valence-corrected chi connectivity index (χ1v) is 17.3. The van der Waals surface area contributed by atoms with Gasteiger partial charge in [-0.15, -0.1) is 11.8 Å². The van der Waals surface area contributed by atoms with Crippen LogP contribution in [0.15, 0.2) is 70.5 Å². The molecule has 236 valence electrons. The number of anilines is 2. The quantitative estimate of drug-likeness (QED) is 0.144. The van der Waals surface area contributed by atoms with Gasteiger partial charge in [0.05, 0.1) is 21.2 Å². The Labute approximate surface area is 262 Å². The minimum absolute atomic E-state index is 0.0287. The Bertz CT molecular complexity index is 1610. The fraction of sp³-hybridized carbons (Fsp3) is 0.375. The van der Waals surface area contributed by atoms with Crippen LogP contribution in [0.2, 0.25) is 0 Å². The summed E-state index contributed by atoms with van der Waals surface area (Å²) in [6.45, 7) is 4.03. The van der Waals surface area contributed by atoms with E-state index in [1.54, 1.807) is 6.07 Å². The molecule has 3 aromatic carbocycles. The van der Waals surface area contributed by atoms with Crippen molar-refractivity contribution in [1.82, 2.24) is 5.32 Å². The van der Waals surface area contributed by atoms with E-state index < -0.39 is 51.3 Å². The first-order valence-electron chi connectivity index (χ1n) is 14.4. The maximum absolute atomic E-state index is 14.1. The van der Waals surface area contributed by atoms with Gasteiger partial charge in [0, 0.05) is 29.3 Å². The Morgan fingerprint density at radius 1 is 1.09 bits per heavy atom. The molecule has 2 atom stereocenters. The van der Waals surface area contributed by atoms with Gasteiger partial charge >= 0.3 is 5.97 Å². The van der Waals surface area contributed by atoms with E-state index in [-0.39, 0.29) is 22.0 Å². The number of amides is 1. The van der Waals surface area contributed by atoms with Crippen molar-refractivity contribution < 1.29 is 38.1 Å². The molecule has 0 saturated heterocycles. The number of carbonyl (C=O) groups excluding carboxylic acids is 1. The third kappa shape index (κ3) is 7.07. The molecule has 10 nitrogen and oxygen atoms in total. The van der Waals surface area contributed by atoms with Crippen molar-refractivity contribution in [3.05, 3.63) is 66.2 Å². The summed E-state index contributed by atoms with van der Waals surface area (Å²) in [6.07, 6.45) is 5.11. The monoisotopic (exact) mass is 642 g/mol. The second-order valence-electron chi connectivity index (χ2n) is 11.0. The minimum Gasteiger partial charge on any atom is -0.504 e. The van der Waals surface area contributed by atoms with Gasteiger partial charge in [-0.1, -0.05) is 57.0 Å². The zero-order valence-corrected chi connectivity index (χ0v) is 26.6. The van der Waals surface area contributed by atoms with Crippen molar-refractivity contribution in [1.29, 1.82) is 0 Å². The molecule has 1 amide bonds. The van der Waals surface area contributed by atoms with Gasteiger partial charge in [0.25, 0.3) is 5.91 Å². The summed E-state index contributed by atoms with van der Waals surface area (Å²) >= 11 is 1.33. The number of phenolic OH excluding ortho intramolecular Hbond substituents is 2. The predicted octanol–water partition coefficient (Wildman–Crippen LogP) is 5.65. The van der Waals surface area contributed by atoms with Crippen LogP contribution in [0.3, 0.4) is 0 Å². The van der Waals surface area contributed by atoms with E-state index >= 15 is 0 Å². The summed E-state index contributed by atoms with van der Waals surface area (Å²) in [5.41, 5.74) is 0.730. The largest absolute Gasteiger partial charge is 0.504 e. The van der Waals surface area contributed by atoms with Crippen LogP contribution < -0.4 is 15.0 Å². The fourth-order valence-corrected chi connectivity index (χ4v) is 8.27. The SMILES string of the molecule is CCCCC1(CC)CN(c2ccccc2)c2cc(SC)c(OCC(=O)NC(C(=O)O)c3cccc(O)c3O)cc2S(=O)(=O)C1. The number of ether oxygens (including phenoxy) is 1. The summed E-state index contributed by atoms with van der Waals surface area (Å²) < 4.78 is 33.9. The van der Waals surface area contributed by atoms with Crippen molar-refractivity contribution in [2.75, 3.05) is 30.1 Å². The maximum Gasteiger partial charge on any atom is 0.331 e. The molecule has 1 aliphatic rings.